The van der Waals surface area contributed by atoms with Crippen LogP contribution in [0.1, 0.15) is 32.3 Å². The van der Waals surface area contributed by atoms with Crippen LogP contribution in [0.4, 0.5) is 4.79 Å². The van der Waals surface area contributed by atoms with Crippen molar-refractivity contribution in [3.63, 3.8) is 0 Å². The van der Waals surface area contributed by atoms with Gasteiger partial charge in [-0.05, 0) is 17.9 Å². The summed E-state index contributed by atoms with van der Waals surface area (Å²) in [5, 5.41) is 0. The van der Waals surface area contributed by atoms with Gasteiger partial charge in [0.1, 0.15) is 6.61 Å². The van der Waals surface area contributed by atoms with Crippen LogP contribution in [0, 0.1) is 5.92 Å². The van der Waals surface area contributed by atoms with E-state index in [9.17, 15) is 9.59 Å². The number of piperazine rings is 1. The number of hydrogen-bond acceptors (Lipinski definition) is 3. The normalized spacial score (nSPS) is 14.9. The van der Waals surface area contributed by atoms with E-state index < -0.39 is 0 Å². The van der Waals surface area contributed by atoms with E-state index in [0.717, 1.165) is 12.0 Å². The fourth-order valence-electron chi connectivity index (χ4n) is 2.52. The molecule has 0 saturated carbocycles. The highest BCUT2D eigenvalue weighted by Gasteiger charge is 2.24. The lowest BCUT2D eigenvalue weighted by Gasteiger charge is -2.34. The molecule has 1 fully saturated rings. The number of carbonyl (C=O) groups is 2. The predicted molar refractivity (Wildman–Crippen MR) is 88.9 cm³/mol. The molecule has 0 N–H and O–H groups in total. The first-order valence-corrected chi connectivity index (χ1v) is 8.29. The Balaban J connectivity index is 1.71. The zero-order chi connectivity index (χ0) is 16.7. The molecular weight excluding hydrogens is 292 g/mol. The number of ether oxygens (including phenoxy) is 1. The standard InChI is InChI=1S/C18H26N2O3/c1-15(2)8-9-17(21)19-10-12-20(13-11-19)18(22)23-14-16-6-4-3-5-7-16/h3-7,15H,8-14H2,1-2H3. The lowest BCUT2D eigenvalue weighted by molar-refractivity contribution is -0.133. The van der Waals surface area contributed by atoms with Gasteiger partial charge in [-0.3, -0.25) is 4.79 Å². The summed E-state index contributed by atoms with van der Waals surface area (Å²) in [7, 11) is 0. The Hall–Kier alpha value is -2.04. The van der Waals surface area contributed by atoms with E-state index in [0.29, 0.717) is 38.5 Å². The molecule has 1 aliphatic rings. The monoisotopic (exact) mass is 318 g/mol. The first kappa shape index (κ1) is 17.3. The molecule has 0 bridgehead atoms. The Kier molecular flexibility index (Phi) is 6.44. The predicted octanol–water partition coefficient (Wildman–Crippen LogP) is 2.90. The molecule has 0 atom stereocenters. The number of hydrogen-bond donors (Lipinski definition) is 0. The summed E-state index contributed by atoms with van der Waals surface area (Å²) in [4.78, 5) is 27.7. The van der Waals surface area contributed by atoms with E-state index in [1.54, 1.807) is 4.90 Å². The molecule has 5 heteroatoms. The van der Waals surface area contributed by atoms with Crippen LogP contribution < -0.4 is 0 Å². The lowest BCUT2D eigenvalue weighted by atomic mass is 10.1. The third-order valence-corrected chi connectivity index (χ3v) is 4.03. The van der Waals surface area contributed by atoms with Crippen molar-refractivity contribution in [2.75, 3.05) is 26.2 Å². The van der Waals surface area contributed by atoms with E-state index in [1.165, 1.54) is 0 Å². The highest BCUT2D eigenvalue weighted by atomic mass is 16.6. The molecule has 1 aromatic carbocycles. The van der Waals surface area contributed by atoms with E-state index in [2.05, 4.69) is 13.8 Å². The molecule has 0 aromatic heterocycles. The fraction of sp³-hybridized carbons (Fsp3) is 0.556. The second-order valence-corrected chi connectivity index (χ2v) is 6.34. The van der Waals surface area contributed by atoms with Gasteiger partial charge in [0.2, 0.25) is 5.91 Å². The maximum Gasteiger partial charge on any atom is 0.410 e. The molecule has 5 nitrogen and oxygen atoms in total. The number of nitrogens with zero attached hydrogens (tertiary/aromatic N) is 2. The van der Waals surface area contributed by atoms with Crippen molar-refractivity contribution in [3.05, 3.63) is 35.9 Å². The summed E-state index contributed by atoms with van der Waals surface area (Å²) >= 11 is 0. The van der Waals surface area contributed by atoms with Crippen molar-refractivity contribution >= 4 is 12.0 Å². The van der Waals surface area contributed by atoms with Gasteiger partial charge in [-0.25, -0.2) is 4.79 Å². The van der Waals surface area contributed by atoms with E-state index in [-0.39, 0.29) is 18.6 Å². The topological polar surface area (TPSA) is 49.9 Å². The van der Waals surface area contributed by atoms with Gasteiger partial charge in [-0.1, -0.05) is 44.2 Å². The summed E-state index contributed by atoms with van der Waals surface area (Å²) in [5.41, 5.74) is 0.975. The molecule has 1 aliphatic heterocycles. The van der Waals surface area contributed by atoms with Crippen molar-refractivity contribution in [2.24, 2.45) is 5.92 Å². The maximum atomic E-state index is 12.1. The van der Waals surface area contributed by atoms with Crippen LogP contribution in [0.2, 0.25) is 0 Å². The second-order valence-electron chi connectivity index (χ2n) is 6.34. The quantitative estimate of drug-likeness (QED) is 0.839. The van der Waals surface area contributed by atoms with Crippen LogP contribution in [0.15, 0.2) is 30.3 Å². The molecule has 1 saturated heterocycles. The Morgan fingerprint density at radius 1 is 1.04 bits per heavy atom. The average molecular weight is 318 g/mol. The number of amides is 2. The molecule has 0 aliphatic carbocycles. The summed E-state index contributed by atoms with van der Waals surface area (Å²) < 4.78 is 5.33. The summed E-state index contributed by atoms with van der Waals surface area (Å²) in [6.45, 7) is 6.80. The summed E-state index contributed by atoms with van der Waals surface area (Å²) in [5.74, 6) is 0.726. The molecule has 23 heavy (non-hydrogen) atoms. The zero-order valence-electron chi connectivity index (χ0n) is 14.0. The fourth-order valence-corrected chi connectivity index (χ4v) is 2.52. The van der Waals surface area contributed by atoms with Gasteiger partial charge in [0.05, 0.1) is 0 Å². The van der Waals surface area contributed by atoms with Crippen molar-refractivity contribution in [2.45, 2.75) is 33.3 Å². The van der Waals surface area contributed by atoms with E-state index in [1.807, 2.05) is 35.2 Å². The molecule has 1 heterocycles. The first-order chi connectivity index (χ1) is 11.1. The average Bonchev–Trinajstić information content (AvgIpc) is 2.58. The molecule has 2 rings (SSSR count). The summed E-state index contributed by atoms with van der Waals surface area (Å²) in [6, 6.07) is 9.63. The highest BCUT2D eigenvalue weighted by Crippen LogP contribution is 2.10. The molecule has 126 valence electrons. The van der Waals surface area contributed by atoms with Gasteiger partial charge in [0, 0.05) is 32.6 Å². The van der Waals surface area contributed by atoms with Crippen LogP contribution in [-0.4, -0.2) is 48.0 Å². The first-order valence-electron chi connectivity index (χ1n) is 8.29. The van der Waals surface area contributed by atoms with Crippen LogP contribution in [0.3, 0.4) is 0 Å². The third-order valence-electron chi connectivity index (χ3n) is 4.03. The molecular formula is C18H26N2O3. The minimum absolute atomic E-state index is 0.191. The highest BCUT2D eigenvalue weighted by molar-refractivity contribution is 5.76. The molecule has 2 amide bonds. The SMILES string of the molecule is CC(C)CCC(=O)N1CCN(C(=O)OCc2ccccc2)CC1. The molecule has 0 spiro atoms. The van der Waals surface area contributed by atoms with E-state index >= 15 is 0 Å². The molecule has 0 radical (unpaired) electrons. The van der Waals surface area contributed by atoms with Gasteiger partial charge in [0.25, 0.3) is 0 Å². The van der Waals surface area contributed by atoms with Gasteiger partial charge >= 0.3 is 6.09 Å². The summed E-state index contributed by atoms with van der Waals surface area (Å²) in [6.07, 6.45) is 1.21. The number of rotatable bonds is 5. The van der Waals surface area contributed by atoms with E-state index in [4.69, 9.17) is 4.74 Å². The molecule has 1 aromatic rings. The van der Waals surface area contributed by atoms with Crippen LogP contribution in [0.25, 0.3) is 0 Å². The second kappa shape index (κ2) is 8.56. The molecule has 0 unspecified atom stereocenters. The Bertz CT molecular complexity index is 508. The van der Waals surface area contributed by atoms with Gasteiger partial charge in [-0.2, -0.15) is 0 Å². The van der Waals surface area contributed by atoms with Crippen LogP contribution >= 0.6 is 0 Å². The Labute approximate surface area is 138 Å². The van der Waals surface area contributed by atoms with Crippen molar-refractivity contribution in [1.82, 2.24) is 9.80 Å². The van der Waals surface area contributed by atoms with Gasteiger partial charge < -0.3 is 14.5 Å². The van der Waals surface area contributed by atoms with Gasteiger partial charge in [0.15, 0.2) is 0 Å². The van der Waals surface area contributed by atoms with Crippen LogP contribution in [0.5, 0.6) is 0 Å². The minimum Gasteiger partial charge on any atom is -0.445 e. The van der Waals surface area contributed by atoms with Crippen molar-refractivity contribution in [1.29, 1.82) is 0 Å². The van der Waals surface area contributed by atoms with Crippen LogP contribution in [-0.2, 0) is 16.1 Å². The minimum atomic E-state index is -0.303. The smallest absolute Gasteiger partial charge is 0.410 e. The lowest BCUT2D eigenvalue weighted by Crippen LogP contribution is -2.50. The Morgan fingerprint density at radius 2 is 1.65 bits per heavy atom. The third kappa shape index (κ3) is 5.58. The maximum absolute atomic E-state index is 12.1. The number of benzene rings is 1. The van der Waals surface area contributed by atoms with Crippen molar-refractivity contribution < 1.29 is 14.3 Å². The van der Waals surface area contributed by atoms with Gasteiger partial charge in [-0.15, -0.1) is 0 Å². The Morgan fingerprint density at radius 3 is 2.26 bits per heavy atom. The largest absolute Gasteiger partial charge is 0.445 e. The van der Waals surface area contributed by atoms with Crippen molar-refractivity contribution in [3.8, 4) is 0 Å². The number of carbonyl (C=O) groups excluding carboxylic acids is 2. The zero-order valence-corrected chi connectivity index (χ0v) is 14.0.